The zero-order chi connectivity index (χ0) is 12.5. The van der Waals surface area contributed by atoms with Crippen LogP contribution in [0.3, 0.4) is 0 Å². The van der Waals surface area contributed by atoms with Crippen LogP contribution in [0.15, 0.2) is 24.3 Å². The molecular weight excluding hydrogens is 214 g/mol. The highest BCUT2D eigenvalue weighted by molar-refractivity contribution is 5.35. The van der Waals surface area contributed by atoms with E-state index in [2.05, 4.69) is 15.5 Å². The summed E-state index contributed by atoms with van der Waals surface area (Å²) in [4.78, 5) is 0. The molecule has 0 bridgehead atoms. The topological polar surface area (TPSA) is 69.6 Å². The molecule has 0 fully saturated rings. The summed E-state index contributed by atoms with van der Waals surface area (Å²) in [6.45, 7) is 6.00. The van der Waals surface area contributed by atoms with Gasteiger partial charge in [-0.05, 0) is 48.4 Å². The van der Waals surface area contributed by atoms with E-state index in [1.807, 2.05) is 45.0 Å². The number of nitrogens with two attached hydrogens (primary N) is 1. The third kappa shape index (κ3) is 2.19. The Labute approximate surface area is 101 Å². The number of aromatic nitrogens is 4. The van der Waals surface area contributed by atoms with E-state index in [1.54, 1.807) is 4.68 Å². The van der Waals surface area contributed by atoms with E-state index in [1.165, 1.54) is 5.56 Å². The van der Waals surface area contributed by atoms with Gasteiger partial charge in [0.25, 0.3) is 0 Å². The largest absolute Gasteiger partial charge is 0.319 e. The number of hydrogen-bond acceptors (Lipinski definition) is 4. The van der Waals surface area contributed by atoms with Gasteiger partial charge in [-0.25, -0.2) is 0 Å². The zero-order valence-electron chi connectivity index (χ0n) is 10.4. The Kier molecular flexibility index (Phi) is 2.93. The number of hydrogen-bond donors (Lipinski definition) is 1. The summed E-state index contributed by atoms with van der Waals surface area (Å²) in [6, 6.07) is 8.02. The average molecular weight is 231 g/mol. The van der Waals surface area contributed by atoms with Crippen LogP contribution in [0.25, 0.3) is 5.69 Å². The molecule has 0 aliphatic heterocycles. The van der Waals surface area contributed by atoms with Crippen molar-refractivity contribution in [1.29, 1.82) is 0 Å². The SMILES string of the molecule is CC[C@@](C)(N)c1nnnn1-c1cccc(C)c1. The van der Waals surface area contributed by atoms with Crippen molar-refractivity contribution in [3.63, 3.8) is 0 Å². The number of nitrogens with zero attached hydrogens (tertiary/aromatic N) is 4. The predicted octanol–water partition coefficient (Wildman–Crippen LogP) is 1.55. The summed E-state index contributed by atoms with van der Waals surface area (Å²) in [6.07, 6.45) is 0.777. The van der Waals surface area contributed by atoms with Gasteiger partial charge in [-0.2, -0.15) is 4.68 Å². The summed E-state index contributed by atoms with van der Waals surface area (Å²) >= 11 is 0. The molecule has 5 heteroatoms. The molecule has 1 atom stereocenters. The summed E-state index contributed by atoms with van der Waals surface area (Å²) in [5.74, 6) is 0.686. The minimum Gasteiger partial charge on any atom is -0.319 e. The van der Waals surface area contributed by atoms with Gasteiger partial charge < -0.3 is 5.73 Å². The minimum absolute atomic E-state index is 0.521. The molecule has 0 aliphatic carbocycles. The molecule has 1 heterocycles. The number of rotatable bonds is 3. The highest BCUT2D eigenvalue weighted by atomic mass is 15.5. The fraction of sp³-hybridized carbons (Fsp3) is 0.417. The van der Waals surface area contributed by atoms with Gasteiger partial charge in [-0.3, -0.25) is 0 Å². The number of benzene rings is 1. The van der Waals surface area contributed by atoms with Crippen LogP contribution in [0, 0.1) is 6.92 Å². The number of tetrazole rings is 1. The fourth-order valence-electron chi connectivity index (χ4n) is 1.63. The third-order valence-corrected chi connectivity index (χ3v) is 2.96. The lowest BCUT2D eigenvalue weighted by molar-refractivity contribution is 0.433. The summed E-state index contributed by atoms with van der Waals surface area (Å²) in [7, 11) is 0. The standard InChI is InChI=1S/C12H17N5/c1-4-12(3,13)11-14-15-16-17(11)10-7-5-6-9(2)8-10/h5-8H,4,13H2,1-3H3/t12-/m1/s1. The van der Waals surface area contributed by atoms with E-state index in [0.717, 1.165) is 12.1 Å². The van der Waals surface area contributed by atoms with E-state index in [-0.39, 0.29) is 0 Å². The lowest BCUT2D eigenvalue weighted by atomic mass is 9.99. The van der Waals surface area contributed by atoms with Crippen LogP contribution in [0.5, 0.6) is 0 Å². The van der Waals surface area contributed by atoms with Gasteiger partial charge >= 0.3 is 0 Å². The summed E-state index contributed by atoms with van der Waals surface area (Å²) < 4.78 is 1.70. The highest BCUT2D eigenvalue weighted by Crippen LogP contribution is 2.21. The Morgan fingerprint density at radius 2 is 2.18 bits per heavy atom. The predicted molar refractivity (Wildman–Crippen MR) is 65.7 cm³/mol. The monoisotopic (exact) mass is 231 g/mol. The maximum atomic E-state index is 6.19. The smallest absolute Gasteiger partial charge is 0.176 e. The Balaban J connectivity index is 2.51. The van der Waals surface area contributed by atoms with Crippen LogP contribution in [-0.2, 0) is 5.54 Å². The number of aryl methyl sites for hydroxylation is 1. The van der Waals surface area contributed by atoms with Crippen molar-refractivity contribution in [2.45, 2.75) is 32.7 Å². The van der Waals surface area contributed by atoms with Crippen molar-refractivity contribution in [3.05, 3.63) is 35.7 Å². The first-order valence-corrected chi connectivity index (χ1v) is 5.69. The third-order valence-electron chi connectivity index (χ3n) is 2.96. The second-order valence-corrected chi connectivity index (χ2v) is 4.52. The molecule has 0 spiro atoms. The average Bonchev–Trinajstić information content (AvgIpc) is 2.78. The van der Waals surface area contributed by atoms with Crippen LogP contribution in [-0.4, -0.2) is 20.2 Å². The molecule has 1 aromatic carbocycles. The van der Waals surface area contributed by atoms with Crippen molar-refractivity contribution in [3.8, 4) is 5.69 Å². The van der Waals surface area contributed by atoms with Crippen LogP contribution in [0.4, 0.5) is 0 Å². The molecule has 0 saturated heterocycles. The molecule has 0 amide bonds. The normalized spacial score (nSPS) is 14.6. The van der Waals surface area contributed by atoms with Crippen LogP contribution >= 0.6 is 0 Å². The maximum Gasteiger partial charge on any atom is 0.176 e. The van der Waals surface area contributed by atoms with Crippen molar-refractivity contribution >= 4 is 0 Å². The fourth-order valence-corrected chi connectivity index (χ4v) is 1.63. The first-order valence-electron chi connectivity index (χ1n) is 5.69. The Morgan fingerprint density at radius 3 is 2.82 bits per heavy atom. The van der Waals surface area contributed by atoms with Gasteiger partial charge in [0.15, 0.2) is 5.82 Å². The van der Waals surface area contributed by atoms with E-state index >= 15 is 0 Å². The lowest BCUT2D eigenvalue weighted by Gasteiger charge is -2.21. The highest BCUT2D eigenvalue weighted by Gasteiger charge is 2.26. The van der Waals surface area contributed by atoms with E-state index < -0.39 is 5.54 Å². The van der Waals surface area contributed by atoms with E-state index in [0.29, 0.717) is 5.82 Å². The molecule has 17 heavy (non-hydrogen) atoms. The minimum atomic E-state index is -0.521. The molecule has 2 N–H and O–H groups in total. The summed E-state index contributed by atoms with van der Waals surface area (Å²) in [5, 5.41) is 11.8. The van der Waals surface area contributed by atoms with E-state index in [9.17, 15) is 0 Å². The maximum absolute atomic E-state index is 6.19. The van der Waals surface area contributed by atoms with E-state index in [4.69, 9.17) is 5.73 Å². The van der Waals surface area contributed by atoms with Gasteiger partial charge in [-0.15, -0.1) is 5.10 Å². The Morgan fingerprint density at radius 1 is 1.41 bits per heavy atom. The first kappa shape index (κ1) is 11.7. The quantitative estimate of drug-likeness (QED) is 0.870. The molecule has 2 rings (SSSR count). The second-order valence-electron chi connectivity index (χ2n) is 4.52. The van der Waals surface area contributed by atoms with Crippen molar-refractivity contribution < 1.29 is 0 Å². The molecule has 1 aromatic heterocycles. The van der Waals surface area contributed by atoms with Gasteiger partial charge in [0, 0.05) is 0 Å². The first-order chi connectivity index (χ1) is 8.04. The van der Waals surface area contributed by atoms with Crippen molar-refractivity contribution in [1.82, 2.24) is 20.2 Å². The molecule has 90 valence electrons. The lowest BCUT2D eigenvalue weighted by Crippen LogP contribution is -2.35. The molecule has 0 unspecified atom stereocenters. The van der Waals surface area contributed by atoms with Gasteiger partial charge in [-0.1, -0.05) is 19.1 Å². The molecule has 0 saturated carbocycles. The van der Waals surface area contributed by atoms with Gasteiger partial charge in [0.05, 0.1) is 11.2 Å². The molecule has 2 aromatic rings. The second kappa shape index (κ2) is 4.25. The molecular formula is C12H17N5. The summed E-state index contributed by atoms with van der Waals surface area (Å²) in [5.41, 5.74) is 7.78. The Bertz CT molecular complexity index is 515. The van der Waals surface area contributed by atoms with Gasteiger partial charge in [0.2, 0.25) is 0 Å². The van der Waals surface area contributed by atoms with Crippen LogP contribution in [0.2, 0.25) is 0 Å². The molecule has 0 radical (unpaired) electrons. The molecule has 5 nitrogen and oxygen atoms in total. The van der Waals surface area contributed by atoms with Crippen molar-refractivity contribution in [2.75, 3.05) is 0 Å². The molecule has 0 aliphatic rings. The zero-order valence-corrected chi connectivity index (χ0v) is 10.4. The Hall–Kier alpha value is -1.75. The van der Waals surface area contributed by atoms with Crippen LogP contribution < -0.4 is 5.73 Å². The van der Waals surface area contributed by atoms with Crippen LogP contribution in [0.1, 0.15) is 31.7 Å². The van der Waals surface area contributed by atoms with Gasteiger partial charge in [0.1, 0.15) is 0 Å². The van der Waals surface area contributed by atoms with Crippen molar-refractivity contribution in [2.24, 2.45) is 5.73 Å².